The van der Waals surface area contributed by atoms with Gasteiger partial charge in [-0.15, -0.1) is 11.3 Å². The van der Waals surface area contributed by atoms with Crippen molar-refractivity contribution in [2.24, 2.45) is 16.3 Å². The highest BCUT2D eigenvalue weighted by molar-refractivity contribution is 7.16. The molecule has 0 spiro atoms. The molecule has 7 heteroatoms. The molecule has 1 aromatic carbocycles. The molecule has 0 bridgehead atoms. The van der Waals surface area contributed by atoms with Crippen LogP contribution in [-0.4, -0.2) is 15.7 Å². The van der Waals surface area contributed by atoms with Crippen LogP contribution in [0.25, 0.3) is 5.69 Å². The summed E-state index contributed by atoms with van der Waals surface area (Å²) in [6, 6.07) is 11.0. The fraction of sp³-hybridized carbons (Fsp3) is 0.385. The molecule has 0 radical (unpaired) electrons. The number of fused-ring (bicyclic) bond motifs is 1. The van der Waals surface area contributed by atoms with Crippen molar-refractivity contribution < 1.29 is 4.92 Å². The minimum atomic E-state index is -0.394. The van der Waals surface area contributed by atoms with Gasteiger partial charge in [-0.1, -0.05) is 20.8 Å². The number of aromatic nitrogens is 1. The zero-order valence-corrected chi connectivity index (χ0v) is 20.5. The van der Waals surface area contributed by atoms with Crippen LogP contribution in [0.1, 0.15) is 60.1 Å². The van der Waals surface area contributed by atoms with Gasteiger partial charge in [0.15, 0.2) is 0 Å². The van der Waals surface area contributed by atoms with Crippen LogP contribution < -0.4 is 0 Å². The molecule has 1 aliphatic carbocycles. The Morgan fingerprint density at radius 1 is 1.27 bits per heavy atom. The molecule has 2 heterocycles. The molecule has 2 aromatic heterocycles. The number of nitro benzene ring substituents is 1. The molecule has 1 atom stereocenters. The molecular weight excluding hydrogens is 432 g/mol. The predicted molar refractivity (Wildman–Crippen MR) is 133 cm³/mol. The maximum atomic E-state index is 11.0. The van der Waals surface area contributed by atoms with E-state index in [1.165, 1.54) is 22.6 Å². The number of rotatable bonds is 4. The van der Waals surface area contributed by atoms with Gasteiger partial charge in [0.05, 0.1) is 10.5 Å². The SMILES string of the molecule is Cc1cc(C=Nc2sc3c(c2C#N)CC[C@H](C(C)(C)C)C3)c(C)n1-c1ccc([N+](=O)[O-])cc1. The number of aliphatic imine (C=N–C) groups is 1. The minimum absolute atomic E-state index is 0.0717. The maximum Gasteiger partial charge on any atom is 0.269 e. The number of benzene rings is 1. The molecule has 33 heavy (non-hydrogen) atoms. The Bertz CT molecular complexity index is 1280. The van der Waals surface area contributed by atoms with E-state index in [-0.39, 0.29) is 11.1 Å². The van der Waals surface area contributed by atoms with Crippen LogP contribution in [-0.2, 0) is 12.8 Å². The highest BCUT2D eigenvalue weighted by Gasteiger charge is 2.32. The van der Waals surface area contributed by atoms with E-state index >= 15 is 0 Å². The lowest BCUT2D eigenvalue weighted by atomic mass is 9.72. The summed E-state index contributed by atoms with van der Waals surface area (Å²) in [6.07, 6.45) is 4.91. The predicted octanol–water partition coefficient (Wildman–Crippen LogP) is 6.84. The molecule has 4 rings (SSSR count). The Labute approximate surface area is 198 Å². The third kappa shape index (κ3) is 4.36. The van der Waals surface area contributed by atoms with Crippen LogP contribution in [0.15, 0.2) is 35.3 Å². The topological polar surface area (TPSA) is 84.2 Å². The van der Waals surface area contributed by atoms with Gasteiger partial charge in [0, 0.05) is 45.9 Å². The van der Waals surface area contributed by atoms with Gasteiger partial charge in [0.2, 0.25) is 0 Å². The molecule has 0 fully saturated rings. The Kier molecular flexibility index (Phi) is 5.98. The van der Waals surface area contributed by atoms with E-state index in [4.69, 9.17) is 4.99 Å². The first-order valence-electron chi connectivity index (χ1n) is 11.1. The molecule has 0 amide bonds. The number of nitrogens with zero attached hydrogens (tertiary/aromatic N) is 4. The Morgan fingerprint density at radius 2 is 1.97 bits per heavy atom. The van der Waals surface area contributed by atoms with E-state index in [2.05, 4.69) is 37.5 Å². The third-order valence-corrected chi connectivity index (χ3v) is 7.86. The molecule has 0 unspecified atom stereocenters. The van der Waals surface area contributed by atoms with Gasteiger partial charge in [-0.25, -0.2) is 4.99 Å². The fourth-order valence-corrected chi connectivity index (χ4v) is 5.91. The third-order valence-electron chi connectivity index (χ3n) is 6.69. The minimum Gasteiger partial charge on any atom is -0.318 e. The summed E-state index contributed by atoms with van der Waals surface area (Å²) >= 11 is 1.65. The Hall–Kier alpha value is -3.24. The van der Waals surface area contributed by atoms with Crippen LogP contribution in [0.4, 0.5) is 10.7 Å². The quantitative estimate of drug-likeness (QED) is 0.243. The monoisotopic (exact) mass is 460 g/mol. The van der Waals surface area contributed by atoms with Gasteiger partial charge in [-0.3, -0.25) is 10.1 Å². The lowest BCUT2D eigenvalue weighted by Gasteiger charge is -2.33. The summed E-state index contributed by atoms with van der Waals surface area (Å²) in [5.41, 5.74) is 6.09. The summed E-state index contributed by atoms with van der Waals surface area (Å²) in [6.45, 7) is 10.9. The van der Waals surface area contributed by atoms with E-state index in [0.29, 0.717) is 5.92 Å². The number of hydrogen-bond acceptors (Lipinski definition) is 5. The van der Waals surface area contributed by atoms with Gasteiger partial charge < -0.3 is 4.57 Å². The molecule has 0 saturated carbocycles. The van der Waals surface area contributed by atoms with Gasteiger partial charge in [0.1, 0.15) is 11.1 Å². The van der Waals surface area contributed by atoms with Crippen molar-refractivity contribution in [3.8, 4) is 11.8 Å². The molecule has 0 N–H and O–H groups in total. The second kappa shape index (κ2) is 8.60. The first-order chi connectivity index (χ1) is 15.6. The van der Waals surface area contributed by atoms with Crippen LogP contribution in [0.2, 0.25) is 0 Å². The standard InChI is InChI=1S/C26H28N4O2S/c1-16-12-18(17(2)29(16)20-7-9-21(10-8-20)30(31)32)15-28-25-23(14-27)22-11-6-19(26(3,4)5)13-24(22)33-25/h7-10,12,15,19H,6,11,13H2,1-5H3/t19-/m0/s1. The van der Waals surface area contributed by atoms with E-state index in [1.54, 1.807) is 23.5 Å². The number of nitro groups is 1. The first kappa shape index (κ1) is 22.9. The summed E-state index contributed by atoms with van der Waals surface area (Å²) < 4.78 is 2.06. The van der Waals surface area contributed by atoms with E-state index in [9.17, 15) is 15.4 Å². The van der Waals surface area contributed by atoms with Crippen molar-refractivity contribution >= 4 is 28.2 Å². The number of non-ortho nitro benzene ring substituents is 1. The van der Waals surface area contributed by atoms with Crippen molar-refractivity contribution in [3.63, 3.8) is 0 Å². The van der Waals surface area contributed by atoms with Crippen molar-refractivity contribution in [1.82, 2.24) is 4.57 Å². The first-order valence-corrected chi connectivity index (χ1v) is 11.9. The molecule has 0 aliphatic heterocycles. The van der Waals surface area contributed by atoms with Crippen LogP contribution in [0.5, 0.6) is 0 Å². The summed E-state index contributed by atoms with van der Waals surface area (Å²) in [7, 11) is 0. The molecule has 6 nitrogen and oxygen atoms in total. The fourth-order valence-electron chi connectivity index (χ4n) is 4.68. The highest BCUT2D eigenvalue weighted by atomic mass is 32.1. The van der Waals surface area contributed by atoms with Gasteiger partial charge in [-0.2, -0.15) is 5.26 Å². The number of nitriles is 1. The summed E-state index contributed by atoms with van der Waals surface area (Å²) in [5, 5.41) is 21.6. The van der Waals surface area contributed by atoms with Crippen molar-refractivity contribution in [2.45, 2.75) is 53.9 Å². The summed E-state index contributed by atoms with van der Waals surface area (Å²) in [5.74, 6) is 0.618. The normalized spacial score (nSPS) is 16.1. The van der Waals surface area contributed by atoms with Crippen molar-refractivity contribution in [2.75, 3.05) is 0 Å². The van der Waals surface area contributed by atoms with E-state index in [0.717, 1.165) is 52.5 Å². The van der Waals surface area contributed by atoms with E-state index < -0.39 is 4.92 Å². The van der Waals surface area contributed by atoms with Gasteiger partial charge in [0.25, 0.3) is 5.69 Å². The smallest absolute Gasteiger partial charge is 0.269 e. The van der Waals surface area contributed by atoms with Crippen molar-refractivity contribution in [3.05, 3.63) is 73.4 Å². The highest BCUT2D eigenvalue weighted by Crippen LogP contribution is 2.44. The lowest BCUT2D eigenvalue weighted by Crippen LogP contribution is -2.26. The second-order valence-corrected chi connectivity index (χ2v) is 10.9. The van der Waals surface area contributed by atoms with Crippen LogP contribution >= 0.6 is 11.3 Å². The molecule has 1 aliphatic rings. The average Bonchev–Trinajstić information content (AvgIpc) is 3.26. The average molecular weight is 461 g/mol. The number of thiophene rings is 1. The van der Waals surface area contributed by atoms with E-state index in [1.807, 2.05) is 20.1 Å². The second-order valence-electron chi connectivity index (χ2n) is 9.80. The van der Waals surface area contributed by atoms with Gasteiger partial charge >= 0.3 is 0 Å². The Balaban J connectivity index is 1.64. The van der Waals surface area contributed by atoms with Crippen molar-refractivity contribution in [1.29, 1.82) is 5.26 Å². The zero-order valence-electron chi connectivity index (χ0n) is 19.7. The van der Waals surface area contributed by atoms with Crippen LogP contribution in [0.3, 0.4) is 0 Å². The number of hydrogen-bond donors (Lipinski definition) is 0. The molecular formula is C26H28N4O2S. The number of aryl methyl sites for hydroxylation is 1. The summed E-state index contributed by atoms with van der Waals surface area (Å²) in [4.78, 5) is 16.6. The maximum absolute atomic E-state index is 11.0. The zero-order chi connectivity index (χ0) is 23.9. The van der Waals surface area contributed by atoms with Crippen LogP contribution in [0, 0.1) is 46.6 Å². The van der Waals surface area contributed by atoms with Gasteiger partial charge in [-0.05, 0) is 68.2 Å². The Morgan fingerprint density at radius 3 is 2.58 bits per heavy atom. The largest absolute Gasteiger partial charge is 0.318 e. The molecule has 0 saturated heterocycles. The molecule has 3 aromatic rings. The molecule has 170 valence electrons. The lowest BCUT2D eigenvalue weighted by molar-refractivity contribution is -0.384.